The number of hydrogen-bond donors (Lipinski definition) is 3. The Morgan fingerprint density at radius 1 is 1.26 bits per heavy atom. The van der Waals surface area contributed by atoms with E-state index in [-0.39, 0.29) is 11.9 Å². The van der Waals surface area contributed by atoms with Crippen LogP contribution in [0, 0.1) is 6.92 Å². The van der Waals surface area contributed by atoms with Crippen LogP contribution in [0.1, 0.15) is 39.3 Å². The molecule has 2 aromatic carbocycles. The number of likely N-dealkylation sites (tertiary alicyclic amines) is 1. The van der Waals surface area contributed by atoms with E-state index in [1.54, 1.807) is 7.11 Å². The average molecular weight is 532 g/mol. The van der Waals surface area contributed by atoms with E-state index in [9.17, 15) is 4.79 Å². The zero-order valence-corrected chi connectivity index (χ0v) is 22.5. The topological polar surface area (TPSA) is 106 Å². The Balaban J connectivity index is 1.40. The number of benzene rings is 2. The maximum Gasteiger partial charge on any atom is 0.266 e. The van der Waals surface area contributed by atoms with Crippen molar-refractivity contribution in [2.45, 2.75) is 25.8 Å². The van der Waals surface area contributed by atoms with Crippen molar-refractivity contribution in [1.29, 1.82) is 0 Å². The normalized spacial score (nSPS) is 15.9. The van der Waals surface area contributed by atoms with E-state index in [0.29, 0.717) is 28.7 Å². The molecule has 0 radical (unpaired) electrons. The van der Waals surface area contributed by atoms with E-state index in [1.165, 1.54) is 11.3 Å². The third-order valence-electron chi connectivity index (χ3n) is 6.77. The molecule has 0 aliphatic carbocycles. The number of thiophene rings is 1. The molecule has 5 rings (SSSR count). The van der Waals surface area contributed by atoms with Gasteiger partial charge in [0.2, 0.25) is 0 Å². The highest BCUT2D eigenvalue weighted by Gasteiger charge is 2.21. The van der Waals surface area contributed by atoms with Gasteiger partial charge in [0.25, 0.3) is 5.91 Å². The van der Waals surface area contributed by atoms with Gasteiger partial charge in [0, 0.05) is 30.1 Å². The second-order valence-electron chi connectivity index (χ2n) is 9.49. The second kappa shape index (κ2) is 11.8. The van der Waals surface area contributed by atoms with Crippen LogP contribution in [0.3, 0.4) is 0 Å². The standard InChI is InChI=1S/C29H33N5O3S/c1-19-13-17-38-28(19)29(35)31-26-20(8-10-24-22-6-3-4-7-23(22)32-33-24)9-11-25(27(26)36-2)37-16-5-14-34-15-12-21(30)18-34/h3-4,6-11,13,17,21H,5,12,14-16,18,30H2,1-2H3,(H,31,35)(H,32,33). The Morgan fingerprint density at radius 2 is 2.13 bits per heavy atom. The number of carbonyl (C=O) groups excluding carboxylic acids is 1. The minimum Gasteiger partial charge on any atom is -0.491 e. The van der Waals surface area contributed by atoms with Crippen LogP contribution in [-0.2, 0) is 0 Å². The number of hydrogen-bond acceptors (Lipinski definition) is 7. The lowest BCUT2D eigenvalue weighted by molar-refractivity contribution is 0.102. The third-order valence-corrected chi connectivity index (χ3v) is 7.79. The summed E-state index contributed by atoms with van der Waals surface area (Å²) in [6, 6.07) is 14.0. The highest BCUT2D eigenvalue weighted by Crippen LogP contribution is 2.40. The number of nitrogens with zero attached hydrogens (tertiary/aromatic N) is 2. The lowest BCUT2D eigenvalue weighted by Crippen LogP contribution is -2.28. The molecule has 0 saturated carbocycles. The zero-order valence-electron chi connectivity index (χ0n) is 21.7. The molecule has 4 N–H and O–H groups in total. The summed E-state index contributed by atoms with van der Waals surface area (Å²) in [4.78, 5) is 16.2. The van der Waals surface area contributed by atoms with Gasteiger partial charge in [-0.1, -0.05) is 24.3 Å². The number of aryl methyl sites for hydroxylation is 1. The number of H-pyrrole nitrogens is 1. The molecule has 1 amide bonds. The number of nitrogens with one attached hydrogen (secondary N) is 2. The van der Waals surface area contributed by atoms with E-state index in [4.69, 9.17) is 15.2 Å². The van der Waals surface area contributed by atoms with Gasteiger partial charge in [-0.25, -0.2) is 0 Å². The number of para-hydroxylation sites is 1. The number of ether oxygens (including phenoxy) is 2. The van der Waals surface area contributed by atoms with E-state index >= 15 is 0 Å². The fourth-order valence-corrected chi connectivity index (χ4v) is 5.58. The molecule has 0 spiro atoms. The first-order valence-electron chi connectivity index (χ1n) is 12.8. The van der Waals surface area contributed by atoms with Crippen molar-refractivity contribution in [1.82, 2.24) is 15.1 Å². The molecular formula is C29H33N5O3S. The SMILES string of the molecule is COc1c(OCCCN2CCC(N)C2)ccc(C=Cc2n[nH]c3ccccc23)c1NC(=O)c1sccc1C. The first-order valence-corrected chi connectivity index (χ1v) is 13.7. The first kappa shape index (κ1) is 26.0. The molecule has 1 unspecified atom stereocenters. The maximum atomic E-state index is 13.2. The summed E-state index contributed by atoms with van der Waals surface area (Å²) in [6.07, 6.45) is 5.79. The Hall–Kier alpha value is -3.66. The summed E-state index contributed by atoms with van der Waals surface area (Å²) in [7, 11) is 1.59. The molecule has 0 bridgehead atoms. The summed E-state index contributed by atoms with van der Waals surface area (Å²) in [6.45, 7) is 5.38. The van der Waals surface area contributed by atoms with Gasteiger partial charge in [-0.15, -0.1) is 11.3 Å². The minimum atomic E-state index is -0.182. The summed E-state index contributed by atoms with van der Waals surface area (Å²) in [5.74, 6) is 0.897. The van der Waals surface area contributed by atoms with Crippen LogP contribution in [0.5, 0.6) is 11.5 Å². The molecule has 2 aromatic heterocycles. The number of fused-ring (bicyclic) bond motifs is 1. The number of amides is 1. The predicted octanol–water partition coefficient (Wildman–Crippen LogP) is 5.17. The van der Waals surface area contributed by atoms with E-state index < -0.39 is 0 Å². The number of anilines is 1. The fraction of sp³-hybridized carbons (Fsp3) is 0.310. The van der Waals surface area contributed by atoms with Crippen molar-refractivity contribution in [3.63, 3.8) is 0 Å². The predicted molar refractivity (Wildman–Crippen MR) is 154 cm³/mol. The molecule has 1 atom stereocenters. The van der Waals surface area contributed by atoms with Gasteiger partial charge in [-0.05, 0) is 67.6 Å². The fourth-order valence-electron chi connectivity index (χ4n) is 4.75. The van der Waals surface area contributed by atoms with E-state index in [0.717, 1.165) is 60.2 Å². The van der Waals surface area contributed by atoms with Crippen molar-refractivity contribution in [2.75, 3.05) is 38.7 Å². The Morgan fingerprint density at radius 3 is 2.89 bits per heavy atom. The van der Waals surface area contributed by atoms with Crippen LogP contribution < -0.4 is 20.5 Å². The monoisotopic (exact) mass is 531 g/mol. The maximum absolute atomic E-state index is 13.2. The van der Waals surface area contributed by atoms with Gasteiger partial charge < -0.3 is 25.4 Å². The highest BCUT2D eigenvalue weighted by molar-refractivity contribution is 7.12. The number of aromatic nitrogens is 2. The van der Waals surface area contributed by atoms with Gasteiger partial charge in [-0.3, -0.25) is 9.89 Å². The molecule has 1 aliphatic rings. The number of rotatable bonds is 10. The molecular weight excluding hydrogens is 498 g/mol. The van der Waals surface area contributed by atoms with Crippen LogP contribution in [-0.4, -0.2) is 60.4 Å². The van der Waals surface area contributed by atoms with Crippen LogP contribution in [0.15, 0.2) is 47.8 Å². The average Bonchev–Trinajstić information content (AvgIpc) is 3.65. The number of aromatic amines is 1. The van der Waals surface area contributed by atoms with Crippen molar-refractivity contribution < 1.29 is 14.3 Å². The van der Waals surface area contributed by atoms with Gasteiger partial charge in [-0.2, -0.15) is 5.10 Å². The van der Waals surface area contributed by atoms with Crippen molar-refractivity contribution in [3.05, 3.63) is 69.5 Å². The van der Waals surface area contributed by atoms with Gasteiger partial charge in [0.15, 0.2) is 11.5 Å². The molecule has 1 aliphatic heterocycles. The van der Waals surface area contributed by atoms with Gasteiger partial charge >= 0.3 is 0 Å². The van der Waals surface area contributed by atoms with E-state index in [1.807, 2.05) is 66.9 Å². The van der Waals surface area contributed by atoms with Crippen LogP contribution in [0.2, 0.25) is 0 Å². The number of carbonyl (C=O) groups is 1. The van der Waals surface area contributed by atoms with Crippen molar-refractivity contribution in [3.8, 4) is 11.5 Å². The molecule has 198 valence electrons. The highest BCUT2D eigenvalue weighted by atomic mass is 32.1. The molecule has 9 heteroatoms. The first-order chi connectivity index (χ1) is 18.5. The number of nitrogens with two attached hydrogens (primary N) is 1. The third kappa shape index (κ3) is 5.75. The summed E-state index contributed by atoms with van der Waals surface area (Å²) in [5.41, 5.74) is 10.1. The van der Waals surface area contributed by atoms with Crippen LogP contribution in [0.25, 0.3) is 23.1 Å². The second-order valence-corrected chi connectivity index (χ2v) is 10.4. The van der Waals surface area contributed by atoms with Crippen LogP contribution in [0.4, 0.5) is 5.69 Å². The molecule has 4 aromatic rings. The lowest BCUT2D eigenvalue weighted by Gasteiger charge is -2.19. The van der Waals surface area contributed by atoms with Gasteiger partial charge in [0.05, 0.1) is 35.5 Å². The van der Waals surface area contributed by atoms with E-state index in [2.05, 4.69) is 20.4 Å². The molecule has 8 nitrogen and oxygen atoms in total. The summed E-state index contributed by atoms with van der Waals surface area (Å²) >= 11 is 1.41. The van der Waals surface area contributed by atoms with Gasteiger partial charge in [0.1, 0.15) is 0 Å². The summed E-state index contributed by atoms with van der Waals surface area (Å²) < 4.78 is 11.9. The van der Waals surface area contributed by atoms with Crippen molar-refractivity contribution >= 4 is 46.0 Å². The lowest BCUT2D eigenvalue weighted by atomic mass is 10.1. The molecule has 1 saturated heterocycles. The molecule has 38 heavy (non-hydrogen) atoms. The smallest absolute Gasteiger partial charge is 0.266 e. The quantitative estimate of drug-likeness (QED) is 0.244. The minimum absolute atomic E-state index is 0.182. The van der Waals surface area contributed by atoms with Crippen LogP contribution >= 0.6 is 11.3 Å². The molecule has 3 heterocycles. The Kier molecular flexibility index (Phi) is 8.07. The Labute approximate surface area is 226 Å². The largest absolute Gasteiger partial charge is 0.491 e. The van der Waals surface area contributed by atoms with Crippen molar-refractivity contribution in [2.24, 2.45) is 5.73 Å². The summed E-state index contributed by atoms with van der Waals surface area (Å²) in [5, 5.41) is 13.5. The zero-order chi connectivity index (χ0) is 26.5. The number of methoxy groups -OCH3 is 1. The molecule has 1 fully saturated rings. The Bertz CT molecular complexity index is 1440.